The van der Waals surface area contributed by atoms with E-state index in [9.17, 15) is 4.91 Å². The van der Waals surface area contributed by atoms with E-state index in [2.05, 4.69) is 5.29 Å². The van der Waals surface area contributed by atoms with Gasteiger partial charge in [-0.25, -0.2) is 0 Å². The molecule has 0 saturated carbocycles. The molecular formula is C5H12N2O3. The Morgan fingerprint density at radius 3 is 2.80 bits per heavy atom. The highest BCUT2D eigenvalue weighted by Crippen LogP contribution is 1.81. The summed E-state index contributed by atoms with van der Waals surface area (Å²) in [5.41, 5.74) is 0. The van der Waals surface area contributed by atoms with Crippen LogP contribution in [0.5, 0.6) is 0 Å². The molecule has 0 fully saturated rings. The van der Waals surface area contributed by atoms with E-state index in [0.29, 0.717) is 19.8 Å². The summed E-state index contributed by atoms with van der Waals surface area (Å²) >= 11 is 0. The minimum Gasteiger partial charge on any atom is -0.394 e. The van der Waals surface area contributed by atoms with Crippen molar-refractivity contribution < 1.29 is 9.84 Å². The summed E-state index contributed by atoms with van der Waals surface area (Å²) in [6.45, 7) is 1.21. The van der Waals surface area contributed by atoms with Crippen LogP contribution >= 0.6 is 0 Å². The summed E-state index contributed by atoms with van der Waals surface area (Å²) in [6, 6.07) is 0. The van der Waals surface area contributed by atoms with Crippen LogP contribution in [0.4, 0.5) is 0 Å². The molecule has 0 rings (SSSR count). The number of nitrogens with zero attached hydrogens (tertiary/aromatic N) is 2. The molecule has 0 heterocycles. The Morgan fingerprint density at radius 2 is 2.30 bits per heavy atom. The second kappa shape index (κ2) is 6.44. The average molecular weight is 148 g/mol. The van der Waals surface area contributed by atoms with E-state index in [-0.39, 0.29) is 6.61 Å². The topological polar surface area (TPSA) is 62.1 Å². The predicted octanol–water partition coefficient (Wildman–Crippen LogP) is -0.392. The third kappa shape index (κ3) is 5.46. The Kier molecular flexibility index (Phi) is 6.00. The van der Waals surface area contributed by atoms with Crippen LogP contribution in [-0.4, -0.2) is 43.5 Å². The van der Waals surface area contributed by atoms with Gasteiger partial charge in [-0.05, 0) is 0 Å². The van der Waals surface area contributed by atoms with Gasteiger partial charge in [0.15, 0.2) is 0 Å². The smallest absolute Gasteiger partial charge is 0.0698 e. The van der Waals surface area contributed by atoms with Crippen molar-refractivity contribution in [2.75, 3.05) is 33.4 Å². The molecule has 1 N–H and O–H groups in total. The first-order valence-corrected chi connectivity index (χ1v) is 3.04. The first-order valence-electron chi connectivity index (χ1n) is 3.04. The van der Waals surface area contributed by atoms with Gasteiger partial charge in [0.2, 0.25) is 0 Å². The number of ether oxygens (including phenoxy) is 1. The zero-order valence-corrected chi connectivity index (χ0v) is 5.99. The van der Waals surface area contributed by atoms with Crippen LogP contribution in [0.2, 0.25) is 0 Å². The second-order valence-corrected chi connectivity index (χ2v) is 1.80. The molecule has 0 aliphatic heterocycles. The summed E-state index contributed by atoms with van der Waals surface area (Å²) in [5.74, 6) is 0. The van der Waals surface area contributed by atoms with Crippen LogP contribution in [-0.2, 0) is 4.74 Å². The minimum atomic E-state index is 0.0121. The molecule has 0 saturated heterocycles. The molecule has 0 aromatic carbocycles. The molecule has 5 nitrogen and oxygen atoms in total. The second-order valence-electron chi connectivity index (χ2n) is 1.80. The van der Waals surface area contributed by atoms with Gasteiger partial charge in [-0.15, -0.1) is 4.91 Å². The van der Waals surface area contributed by atoms with Crippen molar-refractivity contribution in [3.8, 4) is 0 Å². The van der Waals surface area contributed by atoms with Crippen LogP contribution < -0.4 is 0 Å². The molecule has 0 bridgehead atoms. The molecular weight excluding hydrogens is 136 g/mol. The number of rotatable bonds is 6. The molecule has 0 aliphatic carbocycles. The highest BCUT2D eigenvalue weighted by Gasteiger charge is 1.92. The van der Waals surface area contributed by atoms with Crippen LogP contribution in [0.25, 0.3) is 0 Å². The Bertz CT molecular complexity index is 89.0. The first kappa shape index (κ1) is 9.32. The lowest BCUT2D eigenvalue weighted by atomic mass is 10.6. The number of likely N-dealkylation sites (N-methyl/N-ethyl adjacent to an activating group) is 1. The number of aliphatic hydroxyl groups excluding tert-OH is 1. The molecule has 60 valence electrons. The van der Waals surface area contributed by atoms with Crippen LogP contribution in [0.1, 0.15) is 0 Å². The van der Waals surface area contributed by atoms with Crippen molar-refractivity contribution in [1.82, 2.24) is 5.01 Å². The SMILES string of the molecule is CN(CCOCCO)N=O. The minimum absolute atomic E-state index is 0.0121. The lowest BCUT2D eigenvalue weighted by Crippen LogP contribution is -2.17. The largest absolute Gasteiger partial charge is 0.394 e. The molecule has 0 unspecified atom stereocenters. The quantitative estimate of drug-likeness (QED) is 0.316. The molecule has 0 aliphatic rings. The third-order valence-corrected chi connectivity index (χ3v) is 0.934. The lowest BCUT2D eigenvalue weighted by Gasteiger charge is -2.07. The average Bonchev–Trinajstić information content (AvgIpc) is 1.98. The molecule has 10 heavy (non-hydrogen) atoms. The highest BCUT2D eigenvalue weighted by atomic mass is 16.5. The monoisotopic (exact) mass is 148 g/mol. The fourth-order valence-electron chi connectivity index (χ4n) is 0.404. The van der Waals surface area contributed by atoms with Gasteiger partial charge in [-0.3, -0.25) is 5.01 Å². The highest BCUT2D eigenvalue weighted by molar-refractivity contribution is 4.40. The van der Waals surface area contributed by atoms with Crippen molar-refractivity contribution in [2.24, 2.45) is 5.29 Å². The Hall–Kier alpha value is -0.680. The number of hydrogen-bond donors (Lipinski definition) is 1. The van der Waals surface area contributed by atoms with E-state index in [0.717, 1.165) is 0 Å². The predicted molar refractivity (Wildman–Crippen MR) is 36.3 cm³/mol. The maximum atomic E-state index is 9.74. The summed E-state index contributed by atoms with van der Waals surface area (Å²) in [6.07, 6.45) is 0. The van der Waals surface area contributed by atoms with E-state index in [1.54, 1.807) is 7.05 Å². The summed E-state index contributed by atoms with van der Waals surface area (Å²) in [5, 5.41) is 12.1. The van der Waals surface area contributed by atoms with Crippen molar-refractivity contribution in [3.63, 3.8) is 0 Å². The zero-order chi connectivity index (χ0) is 7.82. The van der Waals surface area contributed by atoms with Gasteiger partial charge in [0.25, 0.3) is 0 Å². The third-order valence-electron chi connectivity index (χ3n) is 0.934. The van der Waals surface area contributed by atoms with Gasteiger partial charge >= 0.3 is 0 Å². The van der Waals surface area contributed by atoms with Crippen LogP contribution in [0, 0.1) is 4.91 Å². The van der Waals surface area contributed by atoms with Gasteiger partial charge in [-0.1, -0.05) is 0 Å². The Labute approximate surface area is 59.5 Å². The van der Waals surface area contributed by atoms with Gasteiger partial charge in [0.05, 0.1) is 31.7 Å². The van der Waals surface area contributed by atoms with E-state index in [4.69, 9.17) is 9.84 Å². The Morgan fingerprint density at radius 1 is 1.60 bits per heavy atom. The zero-order valence-electron chi connectivity index (χ0n) is 5.99. The lowest BCUT2D eigenvalue weighted by molar-refractivity contribution is 0.0786. The summed E-state index contributed by atoms with van der Waals surface area (Å²) in [7, 11) is 1.56. The molecule has 0 aromatic rings. The van der Waals surface area contributed by atoms with E-state index in [1.807, 2.05) is 0 Å². The van der Waals surface area contributed by atoms with Crippen molar-refractivity contribution >= 4 is 0 Å². The first-order chi connectivity index (χ1) is 4.81. The number of hydrogen-bond acceptors (Lipinski definition) is 4. The van der Waals surface area contributed by atoms with Crippen LogP contribution in [0.15, 0.2) is 5.29 Å². The molecule has 0 radical (unpaired) electrons. The van der Waals surface area contributed by atoms with E-state index >= 15 is 0 Å². The molecule has 0 spiro atoms. The van der Waals surface area contributed by atoms with E-state index < -0.39 is 0 Å². The van der Waals surface area contributed by atoms with Crippen molar-refractivity contribution in [2.45, 2.75) is 0 Å². The fourth-order valence-corrected chi connectivity index (χ4v) is 0.404. The molecule has 0 aromatic heterocycles. The fraction of sp³-hybridized carbons (Fsp3) is 1.00. The molecule has 5 heteroatoms. The molecule has 0 atom stereocenters. The summed E-state index contributed by atoms with van der Waals surface area (Å²) in [4.78, 5) is 9.74. The normalized spacial score (nSPS) is 9.40. The maximum Gasteiger partial charge on any atom is 0.0698 e. The summed E-state index contributed by atoms with van der Waals surface area (Å²) < 4.78 is 4.86. The van der Waals surface area contributed by atoms with Gasteiger partial charge in [0.1, 0.15) is 0 Å². The number of nitroso groups, excluding NO2 is 1. The van der Waals surface area contributed by atoms with Gasteiger partial charge < -0.3 is 9.84 Å². The van der Waals surface area contributed by atoms with Crippen molar-refractivity contribution in [1.29, 1.82) is 0 Å². The Balaban J connectivity index is 2.95. The number of aliphatic hydroxyl groups is 1. The van der Waals surface area contributed by atoms with Gasteiger partial charge in [0, 0.05) is 7.05 Å². The maximum absolute atomic E-state index is 9.74. The van der Waals surface area contributed by atoms with Crippen molar-refractivity contribution in [3.05, 3.63) is 4.91 Å². The van der Waals surface area contributed by atoms with E-state index in [1.165, 1.54) is 5.01 Å². The standard InChI is InChI=1S/C5H12N2O3/c1-7(6-9)2-4-10-5-3-8/h8H,2-5H2,1H3. The van der Waals surface area contributed by atoms with Gasteiger partial charge in [-0.2, -0.15) is 0 Å². The molecule has 0 amide bonds. The van der Waals surface area contributed by atoms with Crippen LogP contribution in [0.3, 0.4) is 0 Å².